The minimum atomic E-state index is 0.0734. The Bertz CT molecular complexity index is 849. The van der Waals surface area contributed by atoms with Crippen LogP contribution in [0.1, 0.15) is 15.9 Å². The molecule has 0 N–H and O–H groups in total. The lowest BCUT2D eigenvalue weighted by Gasteiger charge is -2.04. The van der Waals surface area contributed by atoms with Crippen LogP contribution in [-0.4, -0.2) is 5.78 Å². The first-order valence-corrected chi connectivity index (χ1v) is 6.50. The van der Waals surface area contributed by atoms with E-state index in [0.717, 1.165) is 27.5 Å². The van der Waals surface area contributed by atoms with E-state index in [2.05, 4.69) is 6.07 Å². The van der Waals surface area contributed by atoms with Gasteiger partial charge >= 0.3 is 0 Å². The molecule has 4 rings (SSSR count). The predicted octanol–water partition coefficient (Wildman–Crippen LogP) is 4.70. The summed E-state index contributed by atoms with van der Waals surface area (Å²) in [6, 6.07) is 17.6. The summed E-state index contributed by atoms with van der Waals surface area (Å²) in [4.78, 5) is 12.6. The van der Waals surface area contributed by atoms with E-state index in [1.54, 1.807) is 6.07 Å². The number of carbonyl (C=O) groups is 1. The highest BCUT2D eigenvalue weighted by atomic mass is 35.5. The Labute approximate surface area is 115 Å². The lowest BCUT2D eigenvalue weighted by molar-refractivity contribution is 0.104. The molecule has 0 aliphatic heterocycles. The molecule has 0 saturated heterocycles. The zero-order valence-electron chi connectivity index (χ0n) is 9.98. The van der Waals surface area contributed by atoms with Crippen LogP contribution in [0.4, 0.5) is 0 Å². The smallest absolute Gasteiger partial charge is 0.194 e. The van der Waals surface area contributed by atoms with Gasteiger partial charge in [0.25, 0.3) is 0 Å². The average Bonchev–Trinajstić information content (AvgIpc) is 2.72. The predicted molar refractivity (Wildman–Crippen MR) is 77.8 cm³/mol. The van der Waals surface area contributed by atoms with Gasteiger partial charge in [0.05, 0.1) is 0 Å². The number of carbonyl (C=O) groups excluding carboxylic acids is 1. The van der Waals surface area contributed by atoms with Gasteiger partial charge in [0.2, 0.25) is 0 Å². The summed E-state index contributed by atoms with van der Waals surface area (Å²) in [5, 5.41) is 2.70. The molecule has 1 aliphatic carbocycles. The lowest BCUT2D eigenvalue weighted by Crippen LogP contribution is -1.96. The second kappa shape index (κ2) is 3.69. The number of hydrogen-bond donors (Lipinski definition) is 0. The molecule has 0 amide bonds. The average molecular weight is 265 g/mol. The van der Waals surface area contributed by atoms with Gasteiger partial charge in [-0.3, -0.25) is 4.79 Å². The van der Waals surface area contributed by atoms with Crippen molar-refractivity contribution in [1.82, 2.24) is 0 Å². The van der Waals surface area contributed by atoms with Crippen LogP contribution in [0.15, 0.2) is 54.6 Å². The Balaban J connectivity index is 2.14. The monoisotopic (exact) mass is 264 g/mol. The first-order valence-electron chi connectivity index (χ1n) is 6.12. The van der Waals surface area contributed by atoms with Crippen LogP contribution in [0.3, 0.4) is 0 Å². The summed E-state index contributed by atoms with van der Waals surface area (Å²) in [7, 11) is 0. The maximum Gasteiger partial charge on any atom is 0.194 e. The zero-order valence-corrected chi connectivity index (χ0v) is 10.7. The molecular formula is C17H9ClO. The third-order valence-corrected chi connectivity index (χ3v) is 3.91. The van der Waals surface area contributed by atoms with Gasteiger partial charge in [0, 0.05) is 16.1 Å². The van der Waals surface area contributed by atoms with Gasteiger partial charge in [0.1, 0.15) is 0 Å². The molecule has 0 atom stereocenters. The van der Waals surface area contributed by atoms with Crippen molar-refractivity contribution < 1.29 is 4.79 Å². The highest BCUT2D eigenvalue weighted by Gasteiger charge is 2.28. The molecule has 1 nitrogen and oxygen atoms in total. The van der Waals surface area contributed by atoms with E-state index in [1.165, 1.54) is 0 Å². The molecule has 0 spiro atoms. The maximum absolute atomic E-state index is 12.6. The molecule has 90 valence electrons. The van der Waals surface area contributed by atoms with Crippen LogP contribution < -0.4 is 0 Å². The summed E-state index contributed by atoms with van der Waals surface area (Å²) in [6.45, 7) is 0. The summed E-state index contributed by atoms with van der Waals surface area (Å²) in [5.41, 5.74) is 3.50. The van der Waals surface area contributed by atoms with Crippen LogP contribution in [-0.2, 0) is 0 Å². The Morgan fingerprint density at radius 2 is 1.58 bits per heavy atom. The van der Waals surface area contributed by atoms with Gasteiger partial charge < -0.3 is 0 Å². The molecule has 0 aromatic heterocycles. The van der Waals surface area contributed by atoms with Crippen molar-refractivity contribution in [3.63, 3.8) is 0 Å². The van der Waals surface area contributed by atoms with Gasteiger partial charge in [0.15, 0.2) is 5.78 Å². The van der Waals surface area contributed by atoms with Crippen molar-refractivity contribution in [2.45, 2.75) is 0 Å². The lowest BCUT2D eigenvalue weighted by atomic mass is 9.99. The van der Waals surface area contributed by atoms with Crippen LogP contribution in [0.25, 0.3) is 21.9 Å². The van der Waals surface area contributed by atoms with Crippen LogP contribution in [0.2, 0.25) is 5.02 Å². The van der Waals surface area contributed by atoms with Crippen molar-refractivity contribution in [2.24, 2.45) is 0 Å². The van der Waals surface area contributed by atoms with Crippen LogP contribution in [0.5, 0.6) is 0 Å². The van der Waals surface area contributed by atoms with Crippen molar-refractivity contribution in [1.29, 1.82) is 0 Å². The number of benzene rings is 3. The Morgan fingerprint density at radius 3 is 2.47 bits per heavy atom. The molecular weight excluding hydrogens is 256 g/mol. The molecule has 2 heteroatoms. The Kier molecular flexibility index (Phi) is 2.09. The van der Waals surface area contributed by atoms with E-state index in [4.69, 9.17) is 11.6 Å². The van der Waals surface area contributed by atoms with Gasteiger partial charge in [-0.1, -0.05) is 54.1 Å². The van der Waals surface area contributed by atoms with Crippen LogP contribution in [0, 0.1) is 0 Å². The van der Waals surface area contributed by atoms with Crippen molar-refractivity contribution in [3.05, 3.63) is 70.7 Å². The molecule has 1 aliphatic rings. The summed E-state index contributed by atoms with van der Waals surface area (Å²) in [5.74, 6) is 0.0734. The molecule has 0 heterocycles. The quantitative estimate of drug-likeness (QED) is 0.450. The van der Waals surface area contributed by atoms with E-state index in [0.29, 0.717) is 10.6 Å². The highest BCUT2D eigenvalue weighted by molar-refractivity contribution is 6.33. The number of hydrogen-bond acceptors (Lipinski definition) is 1. The van der Waals surface area contributed by atoms with Crippen molar-refractivity contribution in [2.75, 3.05) is 0 Å². The third kappa shape index (κ3) is 1.39. The van der Waals surface area contributed by atoms with E-state index in [-0.39, 0.29) is 5.78 Å². The fourth-order valence-electron chi connectivity index (χ4n) is 2.81. The molecule has 19 heavy (non-hydrogen) atoms. The van der Waals surface area contributed by atoms with E-state index >= 15 is 0 Å². The second-order valence-corrected chi connectivity index (χ2v) is 5.16. The maximum atomic E-state index is 12.6. The minimum Gasteiger partial charge on any atom is -0.289 e. The fourth-order valence-corrected chi connectivity index (χ4v) is 2.99. The van der Waals surface area contributed by atoms with Crippen molar-refractivity contribution in [3.8, 4) is 11.1 Å². The first kappa shape index (κ1) is 10.8. The van der Waals surface area contributed by atoms with Crippen LogP contribution >= 0.6 is 11.6 Å². The van der Waals surface area contributed by atoms with E-state index in [1.807, 2.05) is 42.5 Å². The van der Waals surface area contributed by atoms with E-state index in [9.17, 15) is 4.79 Å². The summed E-state index contributed by atoms with van der Waals surface area (Å²) >= 11 is 6.00. The molecule has 0 radical (unpaired) electrons. The largest absolute Gasteiger partial charge is 0.289 e. The first-order chi connectivity index (χ1) is 9.25. The minimum absolute atomic E-state index is 0.0734. The Morgan fingerprint density at radius 1 is 0.789 bits per heavy atom. The van der Waals surface area contributed by atoms with Gasteiger partial charge in [-0.25, -0.2) is 0 Å². The number of ketones is 1. The zero-order chi connectivity index (χ0) is 13.0. The third-order valence-electron chi connectivity index (χ3n) is 3.67. The normalized spacial score (nSPS) is 12.6. The van der Waals surface area contributed by atoms with Gasteiger partial charge in [-0.2, -0.15) is 0 Å². The standard InChI is InChI=1S/C17H9ClO/c18-11-6-8-13-14-7-5-10-3-1-2-4-12(10)16(14)17(19)15(13)9-11/h1-9H. The second-order valence-electron chi connectivity index (χ2n) is 4.73. The fraction of sp³-hybridized carbons (Fsp3) is 0. The summed E-state index contributed by atoms with van der Waals surface area (Å²) in [6.07, 6.45) is 0. The molecule has 0 fully saturated rings. The van der Waals surface area contributed by atoms with Crippen molar-refractivity contribution >= 4 is 28.2 Å². The molecule has 0 saturated carbocycles. The molecule has 0 unspecified atom stereocenters. The number of halogens is 1. The molecule has 0 bridgehead atoms. The van der Waals surface area contributed by atoms with Gasteiger partial charge in [-0.15, -0.1) is 0 Å². The highest BCUT2D eigenvalue weighted by Crippen LogP contribution is 2.41. The topological polar surface area (TPSA) is 17.1 Å². The SMILES string of the molecule is O=C1c2cc(Cl)ccc2-c2ccc3ccccc3c21. The Hall–Kier alpha value is -2.12. The van der Waals surface area contributed by atoms with E-state index < -0.39 is 0 Å². The number of fused-ring (bicyclic) bond motifs is 5. The van der Waals surface area contributed by atoms with Gasteiger partial charge in [-0.05, 0) is 34.0 Å². The molecule has 3 aromatic carbocycles. The summed E-state index contributed by atoms with van der Waals surface area (Å²) < 4.78 is 0. The molecule has 3 aromatic rings. The number of rotatable bonds is 0.